The minimum Gasteiger partial charge on any atom is -0.381 e. The van der Waals surface area contributed by atoms with E-state index in [2.05, 4.69) is 5.32 Å². The summed E-state index contributed by atoms with van der Waals surface area (Å²) in [5.41, 5.74) is 0. The Kier molecular flexibility index (Phi) is 5.30. The molecule has 0 aromatic heterocycles. The highest BCUT2D eigenvalue weighted by molar-refractivity contribution is 6.56. The molecule has 0 saturated carbocycles. The van der Waals surface area contributed by atoms with Gasteiger partial charge in [-0.2, -0.15) is 0 Å². The van der Waals surface area contributed by atoms with Crippen LogP contribution in [0.25, 0.3) is 0 Å². The lowest BCUT2D eigenvalue weighted by Gasteiger charge is -2.21. The number of carbonyl (C=O) groups is 1. The molecule has 1 atom stereocenters. The summed E-state index contributed by atoms with van der Waals surface area (Å²) in [7, 11) is 0. The summed E-state index contributed by atoms with van der Waals surface area (Å²) in [6.45, 7) is 2.17. The quantitative estimate of drug-likeness (QED) is 0.762. The molecular formula is C9H13Cl2NO2. The van der Waals surface area contributed by atoms with Gasteiger partial charge in [-0.25, -0.2) is 0 Å². The molecule has 1 heterocycles. The summed E-state index contributed by atoms with van der Waals surface area (Å²) in [5, 5.41) is 2.72. The predicted octanol–water partition coefficient (Wildman–Crippen LogP) is 1.85. The molecule has 1 saturated heterocycles. The van der Waals surface area contributed by atoms with Crippen molar-refractivity contribution in [1.82, 2.24) is 5.32 Å². The van der Waals surface area contributed by atoms with Crippen molar-refractivity contribution in [2.75, 3.05) is 19.8 Å². The summed E-state index contributed by atoms with van der Waals surface area (Å²) in [6.07, 6.45) is 3.32. The lowest BCUT2D eigenvalue weighted by atomic mass is 10.0. The van der Waals surface area contributed by atoms with E-state index in [1.807, 2.05) is 0 Å². The molecule has 0 radical (unpaired) electrons. The third-order valence-electron chi connectivity index (χ3n) is 2.06. The van der Waals surface area contributed by atoms with Gasteiger partial charge in [-0.3, -0.25) is 4.79 Å². The molecule has 1 rings (SSSR count). The van der Waals surface area contributed by atoms with Gasteiger partial charge in [-0.1, -0.05) is 23.2 Å². The van der Waals surface area contributed by atoms with E-state index in [1.54, 1.807) is 0 Å². The van der Waals surface area contributed by atoms with Gasteiger partial charge in [0.2, 0.25) is 5.91 Å². The minimum atomic E-state index is -0.254. The van der Waals surface area contributed by atoms with E-state index in [4.69, 9.17) is 27.9 Å². The molecule has 0 unspecified atom stereocenters. The fraction of sp³-hybridized carbons (Fsp3) is 0.667. The van der Waals surface area contributed by atoms with Crippen LogP contribution >= 0.6 is 23.2 Å². The molecule has 1 fully saturated rings. The van der Waals surface area contributed by atoms with Gasteiger partial charge < -0.3 is 10.1 Å². The molecule has 80 valence electrons. The zero-order valence-electron chi connectivity index (χ0n) is 7.76. The normalized spacial score (nSPS) is 21.4. The Morgan fingerprint density at radius 1 is 1.57 bits per heavy atom. The second-order valence-corrected chi connectivity index (χ2v) is 4.27. The molecule has 14 heavy (non-hydrogen) atoms. The van der Waals surface area contributed by atoms with Gasteiger partial charge in [-0.15, -0.1) is 0 Å². The average Bonchev–Trinajstić information content (AvgIpc) is 2.15. The summed E-state index contributed by atoms with van der Waals surface area (Å²) in [6, 6.07) is 0. The molecule has 0 bridgehead atoms. The van der Waals surface area contributed by atoms with Crippen LogP contribution in [0.3, 0.4) is 0 Å². The van der Waals surface area contributed by atoms with Crippen LogP contribution < -0.4 is 5.32 Å². The summed E-state index contributed by atoms with van der Waals surface area (Å²) in [5.74, 6) is 0.158. The number of carbonyl (C=O) groups excluding carboxylic acids is 1. The Balaban J connectivity index is 2.19. The Bertz CT molecular complexity index is 221. The summed E-state index contributed by atoms with van der Waals surface area (Å²) < 4.78 is 5.25. The minimum absolute atomic E-state index is 0.0256. The molecule has 0 aromatic rings. The molecule has 0 aliphatic carbocycles. The number of rotatable bonds is 3. The number of hydrogen-bond acceptors (Lipinski definition) is 2. The smallest absolute Gasteiger partial charge is 0.246 e. The second kappa shape index (κ2) is 6.27. The molecule has 1 amide bonds. The van der Waals surface area contributed by atoms with Crippen LogP contribution in [0.4, 0.5) is 0 Å². The fourth-order valence-corrected chi connectivity index (χ4v) is 1.56. The van der Waals surface area contributed by atoms with Crippen LogP contribution in [0.1, 0.15) is 12.8 Å². The highest BCUT2D eigenvalue weighted by Crippen LogP contribution is 2.12. The third kappa shape index (κ3) is 4.84. The molecule has 1 N–H and O–H groups in total. The standard InChI is InChI=1S/C9H13Cl2NO2/c10-8(11)4-9(13)12-5-7-2-1-3-14-6-7/h4,7H,1-3,5-6H2,(H,12,13)/t7-/m1/s1. The van der Waals surface area contributed by atoms with Crippen molar-refractivity contribution in [2.24, 2.45) is 5.92 Å². The zero-order chi connectivity index (χ0) is 10.4. The van der Waals surface area contributed by atoms with Crippen molar-refractivity contribution in [3.63, 3.8) is 0 Å². The average molecular weight is 238 g/mol. The number of hydrogen-bond donors (Lipinski definition) is 1. The van der Waals surface area contributed by atoms with Crippen molar-refractivity contribution in [1.29, 1.82) is 0 Å². The molecule has 0 spiro atoms. The first-order valence-electron chi connectivity index (χ1n) is 4.57. The topological polar surface area (TPSA) is 38.3 Å². The highest BCUT2D eigenvalue weighted by atomic mass is 35.5. The van der Waals surface area contributed by atoms with Gasteiger partial charge in [-0.05, 0) is 18.8 Å². The van der Waals surface area contributed by atoms with Crippen molar-refractivity contribution < 1.29 is 9.53 Å². The monoisotopic (exact) mass is 237 g/mol. The maximum Gasteiger partial charge on any atom is 0.246 e. The van der Waals surface area contributed by atoms with Crippen LogP contribution in [0.2, 0.25) is 0 Å². The van der Waals surface area contributed by atoms with E-state index in [9.17, 15) is 4.79 Å². The Morgan fingerprint density at radius 3 is 2.93 bits per heavy atom. The number of halogens is 2. The summed E-state index contributed by atoms with van der Waals surface area (Å²) in [4.78, 5) is 11.1. The van der Waals surface area contributed by atoms with Gasteiger partial charge in [0.15, 0.2) is 0 Å². The van der Waals surface area contributed by atoms with Crippen LogP contribution in [-0.4, -0.2) is 25.7 Å². The molecule has 0 aromatic carbocycles. The van der Waals surface area contributed by atoms with Crippen LogP contribution in [0.5, 0.6) is 0 Å². The maximum atomic E-state index is 11.1. The zero-order valence-corrected chi connectivity index (χ0v) is 9.27. The molecule has 3 nitrogen and oxygen atoms in total. The maximum absolute atomic E-state index is 11.1. The van der Waals surface area contributed by atoms with Crippen molar-refractivity contribution in [2.45, 2.75) is 12.8 Å². The van der Waals surface area contributed by atoms with Gasteiger partial charge >= 0.3 is 0 Å². The lowest BCUT2D eigenvalue weighted by molar-refractivity contribution is -0.116. The van der Waals surface area contributed by atoms with E-state index < -0.39 is 0 Å². The molecule has 1 aliphatic heterocycles. The van der Waals surface area contributed by atoms with Crippen molar-refractivity contribution in [3.05, 3.63) is 10.6 Å². The van der Waals surface area contributed by atoms with Crippen molar-refractivity contribution in [3.8, 4) is 0 Å². The Labute approximate surface area is 93.4 Å². The van der Waals surface area contributed by atoms with Crippen LogP contribution in [0, 0.1) is 5.92 Å². The third-order valence-corrected chi connectivity index (χ3v) is 2.28. The molecular weight excluding hydrogens is 225 g/mol. The lowest BCUT2D eigenvalue weighted by Crippen LogP contribution is -2.32. The van der Waals surface area contributed by atoms with E-state index in [0.717, 1.165) is 32.1 Å². The summed E-state index contributed by atoms with van der Waals surface area (Å²) >= 11 is 10.7. The van der Waals surface area contributed by atoms with Gasteiger partial charge in [0.25, 0.3) is 0 Å². The molecule has 1 aliphatic rings. The predicted molar refractivity (Wildman–Crippen MR) is 56.3 cm³/mol. The first kappa shape index (κ1) is 11.8. The SMILES string of the molecule is O=C(C=C(Cl)Cl)NC[C@H]1CCCOC1. The van der Waals surface area contributed by atoms with Crippen molar-refractivity contribution >= 4 is 29.1 Å². The first-order chi connectivity index (χ1) is 6.68. The van der Waals surface area contributed by atoms with Gasteiger partial charge in [0, 0.05) is 19.2 Å². The van der Waals surface area contributed by atoms with Crippen LogP contribution in [-0.2, 0) is 9.53 Å². The van der Waals surface area contributed by atoms with Gasteiger partial charge in [0.1, 0.15) is 4.49 Å². The van der Waals surface area contributed by atoms with E-state index in [1.165, 1.54) is 0 Å². The Morgan fingerprint density at radius 2 is 2.36 bits per heavy atom. The fourth-order valence-electron chi connectivity index (χ4n) is 1.36. The Hall–Kier alpha value is -0.250. The molecule has 5 heteroatoms. The highest BCUT2D eigenvalue weighted by Gasteiger charge is 2.13. The number of ether oxygens (including phenoxy) is 1. The second-order valence-electron chi connectivity index (χ2n) is 3.26. The number of amides is 1. The number of nitrogens with one attached hydrogen (secondary N) is 1. The van der Waals surface area contributed by atoms with E-state index in [-0.39, 0.29) is 10.4 Å². The largest absolute Gasteiger partial charge is 0.381 e. The van der Waals surface area contributed by atoms with Crippen LogP contribution in [0.15, 0.2) is 10.6 Å². The first-order valence-corrected chi connectivity index (χ1v) is 5.32. The van der Waals surface area contributed by atoms with E-state index >= 15 is 0 Å². The van der Waals surface area contributed by atoms with E-state index in [0.29, 0.717) is 12.5 Å². The van der Waals surface area contributed by atoms with Gasteiger partial charge in [0.05, 0.1) is 6.61 Å².